The molecule has 0 atom stereocenters. The van der Waals surface area contributed by atoms with E-state index in [-0.39, 0.29) is 0 Å². The SMILES string of the molecule is CC.COc1cc(Nc2nccc(Nc3cccnc3-c3ccccn3)n2)cc(OC)c1OC.COc1cc(Nc2nccc(Nc3cccnc3-c3ccccn3)n2)ccc1N1CCN(C)CC1. The van der Waals surface area contributed by atoms with Gasteiger partial charge in [-0.1, -0.05) is 26.0 Å². The van der Waals surface area contributed by atoms with Gasteiger partial charge in [-0.25, -0.2) is 9.97 Å². The molecule has 8 aromatic rings. The van der Waals surface area contributed by atoms with Crippen LogP contribution in [0.2, 0.25) is 0 Å². The average Bonchev–Trinajstić information content (AvgIpc) is 3.40. The number of nitrogens with one attached hydrogen (secondary N) is 4. The molecule has 1 saturated heterocycles. The van der Waals surface area contributed by atoms with Gasteiger partial charge in [-0.3, -0.25) is 19.9 Å². The number of methoxy groups -OCH3 is 4. The van der Waals surface area contributed by atoms with E-state index in [9.17, 15) is 0 Å². The lowest BCUT2D eigenvalue weighted by Crippen LogP contribution is -2.44. The predicted octanol–water partition coefficient (Wildman–Crippen LogP) is 9.65. The number of piperazine rings is 1. The van der Waals surface area contributed by atoms with E-state index < -0.39 is 0 Å². The van der Waals surface area contributed by atoms with Crippen molar-refractivity contribution in [1.29, 1.82) is 0 Å². The smallest absolute Gasteiger partial charge is 0.229 e. The normalized spacial score (nSPS) is 12.0. The highest BCUT2D eigenvalue weighted by molar-refractivity contribution is 5.77. The van der Waals surface area contributed by atoms with Crippen LogP contribution >= 0.6 is 0 Å². The lowest BCUT2D eigenvalue weighted by Gasteiger charge is -2.34. The van der Waals surface area contributed by atoms with Gasteiger partial charge >= 0.3 is 0 Å². The second kappa shape index (κ2) is 24.2. The Morgan fingerprint density at radius 3 is 1.42 bits per heavy atom. The quantitative estimate of drug-likeness (QED) is 0.0758. The van der Waals surface area contributed by atoms with Crippen molar-refractivity contribution in [2.24, 2.45) is 0 Å². The van der Waals surface area contributed by atoms with Gasteiger partial charge in [-0.05, 0) is 79.8 Å². The van der Waals surface area contributed by atoms with Gasteiger partial charge in [0.05, 0.1) is 56.9 Å². The minimum atomic E-state index is 0.396. The van der Waals surface area contributed by atoms with Crippen LogP contribution in [0.15, 0.2) is 140 Å². The summed E-state index contributed by atoms with van der Waals surface area (Å²) in [5.41, 5.74) is 7.27. The van der Waals surface area contributed by atoms with Crippen molar-refractivity contribution in [3.05, 3.63) is 140 Å². The Hall–Kier alpha value is -8.64. The molecule has 0 radical (unpaired) electrons. The van der Waals surface area contributed by atoms with Crippen molar-refractivity contribution in [3.8, 4) is 45.8 Å². The number of rotatable bonds is 15. The summed E-state index contributed by atoms with van der Waals surface area (Å²) in [6, 6.07) is 32.3. The Morgan fingerprint density at radius 1 is 0.449 bits per heavy atom. The van der Waals surface area contributed by atoms with E-state index in [4.69, 9.17) is 18.9 Å². The molecule has 0 bridgehead atoms. The number of benzene rings is 2. The number of hydrogen-bond acceptors (Lipinski definition) is 18. The molecule has 6 aromatic heterocycles. The van der Waals surface area contributed by atoms with Crippen LogP contribution in [0.1, 0.15) is 13.8 Å². The highest BCUT2D eigenvalue weighted by Gasteiger charge is 2.19. The molecule has 0 aliphatic carbocycles. The number of likely N-dealkylation sites (N-methyl/N-ethyl adjacent to an activating group) is 1. The molecule has 0 spiro atoms. The highest BCUT2D eigenvalue weighted by atomic mass is 16.5. The fourth-order valence-corrected chi connectivity index (χ4v) is 7.15. The fraction of sp³-hybridized carbons (Fsp3) is 0.216. The predicted molar refractivity (Wildman–Crippen MR) is 272 cm³/mol. The van der Waals surface area contributed by atoms with Gasteiger partial charge < -0.3 is 50.0 Å². The first-order valence-electron chi connectivity index (χ1n) is 22.3. The maximum Gasteiger partial charge on any atom is 0.229 e. The maximum absolute atomic E-state index is 5.70. The molecule has 18 nitrogen and oxygen atoms in total. The maximum atomic E-state index is 5.70. The molecule has 1 aliphatic heterocycles. The minimum Gasteiger partial charge on any atom is -0.495 e. The molecule has 0 amide bonds. The van der Waals surface area contributed by atoms with Crippen LogP contribution in [-0.2, 0) is 0 Å². The summed E-state index contributed by atoms with van der Waals surface area (Å²) in [7, 11) is 8.54. The molecular formula is C51H56N14O4. The van der Waals surface area contributed by atoms with E-state index in [1.165, 1.54) is 0 Å². The van der Waals surface area contributed by atoms with Crippen molar-refractivity contribution in [3.63, 3.8) is 0 Å². The second-order valence-corrected chi connectivity index (χ2v) is 14.9. The third-order valence-corrected chi connectivity index (χ3v) is 10.5. The molecule has 18 heteroatoms. The van der Waals surface area contributed by atoms with Crippen molar-refractivity contribution in [2.45, 2.75) is 13.8 Å². The van der Waals surface area contributed by atoms with Gasteiger partial charge in [0.1, 0.15) is 28.8 Å². The molecule has 0 unspecified atom stereocenters. The largest absolute Gasteiger partial charge is 0.495 e. The van der Waals surface area contributed by atoms with Gasteiger partial charge in [0.15, 0.2) is 11.5 Å². The molecule has 1 fully saturated rings. The summed E-state index contributed by atoms with van der Waals surface area (Å²) in [4.78, 5) is 40.4. The molecule has 7 heterocycles. The summed E-state index contributed by atoms with van der Waals surface area (Å²) >= 11 is 0. The van der Waals surface area contributed by atoms with Crippen molar-refractivity contribution in [1.82, 2.24) is 44.8 Å². The van der Waals surface area contributed by atoms with E-state index in [2.05, 4.69) is 84.1 Å². The molecule has 354 valence electrons. The molecular weight excluding hydrogens is 873 g/mol. The van der Waals surface area contributed by atoms with E-state index in [0.717, 1.165) is 77.5 Å². The molecule has 4 N–H and O–H groups in total. The highest BCUT2D eigenvalue weighted by Crippen LogP contribution is 2.41. The first kappa shape index (κ1) is 48.3. The Kier molecular flexibility index (Phi) is 17.0. The van der Waals surface area contributed by atoms with Gasteiger partial charge in [0.25, 0.3) is 0 Å². The van der Waals surface area contributed by atoms with E-state index in [1.54, 1.807) is 83.8 Å². The first-order chi connectivity index (χ1) is 33.9. The zero-order valence-electron chi connectivity index (χ0n) is 39.7. The summed E-state index contributed by atoms with van der Waals surface area (Å²) < 4.78 is 21.9. The summed E-state index contributed by atoms with van der Waals surface area (Å²) in [5.74, 6) is 4.51. The Morgan fingerprint density at radius 2 is 0.942 bits per heavy atom. The molecule has 0 saturated carbocycles. The monoisotopic (exact) mass is 928 g/mol. The molecule has 1 aliphatic rings. The van der Waals surface area contributed by atoms with Crippen LogP contribution < -0.4 is 45.1 Å². The lowest BCUT2D eigenvalue weighted by molar-refractivity contribution is 0.311. The zero-order chi connectivity index (χ0) is 48.4. The van der Waals surface area contributed by atoms with Crippen molar-refractivity contribution >= 4 is 52.0 Å². The minimum absolute atomic E-state index is 0.396. The lowest BCUT2D eigenvalue weighted by atomic mass is 10.2. The molecule has 9 rings (SSSR count). The van der Waals surface area contributed by atoms with Crippen LogP contribution in [-0.4, -0.2) is 106 Å². The Bertz CT molecular complexity index is 2850. The van der Waals surface area contributed by atoms with Crippen molar-refractivity contribution in [2.75, 3.05) is 87.8 Å². The van der Waals surface area contributed by atoms with Gasteiger partial charge in [-0.15, -0.1) is 0 Å². The van der Waals surface area contributed by atoms with Crippen molar-refractivity contribution < 1.29 is 18.9 Å². The number of hydrogen-bond donors (Lipinski definition) is 4. The number of anilines is 9. The summed E-state index contributed by atoms with van der Waals surface area (Å²) in [6.45, 7) is 8.03. The second-order valence-electron chi connectivity index (χ2n) is 14.9. The zero-order valence-corrected chi connectivity index (χ0v) is 39.7. The number of aromatic nitrogens is 8. The molecule has 69 heavy (non-hydrogen) atoms. The van der Waals surface area contributed by atoms with Crippen LogP contribution in [0.4, 0.5) is 52.0 Å². The third-order valence-electron chi connectivity index (χ3n) is 10.5. The van der Waals surface area contributed by atoms with Gasteiger partial charge in [-0.2, -0.15) is 9.97 Å². The fourth-order valence-electron chi connectivity index (χ4n) is 7.15. The Labute approximate surface area is 402 Å². The van der Waals surface area contributed by atoms with E-state index in [0.29, 0.717) is 46.5 Å². The van der Waals surface area contributed by atoms with Gasteiger partial charge in [0.2, 0.25) is 17.6 Å². The number of nitrogens with zero attached hydrogens (tertiary/aromatic N) is 10. The molecule has 2 aromatic carbocycles. The van der Waals surface area contributed by atoms with Crippen LogP contribution in [0, 0.1) is 0 Å². The first-order valence-corrected chi connectivity index (χ1v) is 22.3. The Balaban J connectivity index is 0.000000198. The summed E-state index contributed by atoms with van der Waals surface area (Å²) in [6.07, 6.45) is 10.3. The van der Waals surface area contributed by atoms with Crippen LogP contribution in [0.3, 0.4) is 0 Å². The van der Waals surface area contributed by atoms with E-state index in [1.807, 2.05) is 92.7 Å². The number of pyridine rings is 4. The summed E-state index contributed by atoms with van der Waals surface area (Å²) in [5, 5.41) is 13.1. The van der Waals surface area contributed by atoms with E-state index >= 15 is 0 Å². The standard InChI is InChI=1S/C26H28N8O.C23H22N6O3.C2H6/c1-33-14-16-34(17-15-33)22-9-8-19(18-23(22)35-2)30-26-29-13-10-24(32-26)31-21-7-5-12-28-25(21)20-6-3-4-11-27-20;1-30-18-13-15(14-19(31-2)22(18)32-3)27-23-26-12-9-20(29-23)28-17-8-6-11-25-21(17)16-7-4-5-10-24-16;1-2/h3-13,18H,14-17H2,1-2H3,(H2,29,30,31,32);4-14H,1-3H3,(H2,26,27,28,29);1-2H3. The van der Waals surface area contributed by atoms with Crippen LogP contribution in [0.25, 0.3) is 22.8 Å². The topological polar surface area (TPSA) is 195 Å². The van der Waals surface area contributed by atoms with Crippen LogP contribution in [0.5, 0.6) is 23.0 Å². The number of ether oxygens (including phenoxy) is 4. The third kappa shape index (κ3) is 12.6. The average molecular weight is 929 g/mol. The van der Waals surface area contributed by atoms with Gasteiger partial charge in [0, 0.05) is 92.9 Å².